The summed E-state index contributed by atoms with van der Waals surface area (Å²) < 4.78 is 38.5. The van der Waals surface area contributed by atoms with Gasteiger partial charge in [0.25, 0.3) is 11.7 Å². The Kier molecular flexibility index (Phi) is 6.64. The van der Waals surface area contributed by atoms with Crippen molar-refractivity contribution in [3.05, 3.63) is 66.2 Å². The van der Waals surface area contributed by atoms with Gasteiger partial charge in [0, 0.05) is 19.7 Å². The summed E-state index contributed by atoms with van der Waals surface area (Å²) in [7, 11) is -2.27. The van der Waals surface area contributed by atoms with E-state index in [9.17, 15) is 18.0 Å². The van der Waals surface area contributed by atoms with E-state index in [4.69, 9.17) is 9.47 Å². The Bertz CT molecular complexity index is 1180. The third-order valence-corrected chi connectivity index (χ3v) is 7.81. The summed E-state index contributed by atoms with van der Waals surface area (Å²) in [5, 5.41) is 0. The second kappa shape index (κ2) is 9.46. The van der Waals surface area contributed by atoms with Gasteiger partial charge in [0.15, 0.2) is 0 Å². The first-order valence-electron chi connectivity index (χ1n) is 10.7. The lowest BCUT2D eigenvalue weighted by molar-refractivity contribution is -0.114. The number of nitrogens with zero attached hydrogens (tertiary/aromatic N) is 2. The van der Waals surface area contributed by atoms with Crippen LogP contribution in [0.2, 0.25) is 0 Å². The van der Waals surface area contributed by atoms with Crippen molar-refractivity contribution in [1.29, 1.82) is 0 Å². The van der Waals surface area contributed by atoms with Gasteiger partial charge in [-0.2, -0.15) is 4.31 Å². The summed E-state index contributed by atoms with van der Waals surface area (Å²) in [5.41, 5.74) is 1.33. The Morgan fingerprint density at radius 1 is 1.15 bits per heavy atom. The molecule has 8 nitrogen and oxygen atoms in total. The second-order valence-corrected chi connectivity index (χ2v) is 9.90. The van der Waals surface area contributed by atoms with Crippen molar-refractivity contribution in [1.82, 2.24) is 4.31 Å². The highest BCUT2D eigenvalue weighted by molar-refractivity contribution is 7.89. The smallest absolute Gasteiger partial charge is 0.299 e. The zero-order valence-electron chi connectivity index (χ0n) is 18.4. The summed E-state index contributed by atoms with van der Waals surface area (Å²) in [6, 6.07) is 11.3. The topological polar surface area (TPSA) is 93.2 Å². The fourth-order valence-electron chi connectivity index (χ4n) is 4.25. The first kappa shape index (κ1) is 23.2. The minimum absolute atomic E-state index is 0.0102. The van der Waals surface area contributed by atoms with E-state index in [-0.39, 0.29) is 23.0 Å². The largest absolute Gasteiger partial charge is 0.490 e. The number of carbonyl (C=O) groups excluding carboxylic acids is 2. The molecular formula is C24H26N2O6S. The molecule has 1 atom stereocenters. The van der Waals surface area contributed by atoms with Crippen molar-refractivity contribution in [2.24, 2.45) is 0 Å². The fourth-order valence-corrected chi connectivity index (χ4v) is 5.95. The number of ether oxygens (including phenoxy) is 2. The van der Waals surface area contributed by atoms with Crippen LogP contribution in [0, 0.1) is 0 Å². The third kappa shape index (κ3) is 4.44. The van der Waals surface area contributed by atoms with Crippen molar-refractivity contribution >= 4 is 27.4 Å². The molecule has 33 heavy (non-hydrogen) atoms. The van der Waals surface area contributed by atoms with Crippen LogP contribution < -0.4 is 9.64 Å². The van der Waals surface area contributed by atoms with Crippen LogP contribution in [0.3, 0.4) is 0 Å². The molecule has 2 aromatic rings. The number of amides is 1. The molecular weight excluding hydrogens is 444 g/mol. The van der Waals surface area contributed by atoms with Gasteiger partial charge < -0.3 is 14.4 Å². The number of methoxy groups -OCH3 is 1. The zero-order valence-corrected chi connectivity index (χ0v) is 19.2. The van der Waals surface area contributed by atoms with E-state index < -0.39 is 21.7 Å². The highest BCUT2D eigenvalue weighted by atomic mass is 32.2. The SMILES string of the molecule is C=CCOc1ccc(CN2C(=O)C(=O)c3cc(S(=O)(=O)N4CCC[C@H]4COC)ccc32)cc1. The van der Waals surface area contributed by atoms with E-state index in [1.807, 2.05) is 12.1 Å². The molecule has 9 heteroatoms. The molecule has 0 N–H and O–H groups in total. The van der Waals surface area contributed by atoms with Gasteiger partial charge in [-0.05, 0) is 48.7 Å². The average molecular weight is 471 g/mol. The lowest BCUT2D eigenvalue weighted by atomic mass is 10.1. The van der Waals surface area contributed by atoms with E-state index in [1.165, 1.54) is 27.4 Å². The predicted octanol–water partition coefficient (Wildman–Crippen LogP) is 2.78. The molecule has 1 saturated heterocycles. The van der Waals surface area contributed by atoms with Crippen LogP contribution in [0.25, 0.3) is 0 Å². The minimum Gasteiger partial charge on any atom is -0.490 e. The molecule has 0 saturated carbocycles. The van der Waals surface area contributed by atoms with Gasteiger partial charge >= 0.3 is 0 Å². The molecule has 2 aliphatic rings. The molecule has 1 fully saturated rings. The minimum atomic E-state index is -3.81. The standard InChI is InChI=1S/C24H26N2O6S/c1-3-13-32-19-8-6-17(7-9-19)15-25-22-11-10-20(14-21(22)23(27)24(25)28)33(29,30)26-12-4-5-18(26)16-31-2/h3,6-11,14,18H,1,4-5,12-13,15-16H2,2H3/t18-/m0/s1. The number of anilines is 1. The van der Waals surface area contributed by atoms with Gasteiger partial charge in [0.05, 0.1) is 29.3 Å². The predicted molar refractivity (Wildman–Crippen MR) is 123 cm³/mol. The highest BCUT2D eigenvalue weighted by Crippen LogP contribution is 2.34. The van der Waals surface area contributed by atoms with Gasteiger partial charge in [0.1, 0.15) is 12.4 Å². The van der Waals surface area contributed by atoms with Crippen LogP contribution in [-0.4, -0.2) is 57.3 Å². The molecule has 0 unspecified atom stereocenters. The molecule has 0 aromatic heterocycles. The first-order chi connectivity index (χ1) is 15.9. The Morgan fingerprint density at radius 2 is 1.91 bits per heavy atom. The number of hydrogen-bond donors (Lipinski definition) is 0. The Balaban J connectivity index is 1.58. The third-order valence-electron chi connectivity index (χ3n) is 5.86. The normalized spacial score (nSPS) is 18.6. The van der Waals surface area contributed by atoms with Crippen molar-refractivity contribution < 1.29 is 27.5 Å². The van der Waals surface area contributed by atoms with E-state index in [2.05, 4.69) is 6.58 Å². The molecule has 0 bridgehead atoms. The van der Waals surface area contributed by atoms with Crippen molar-refractivity contribution in [3.8, 4) is 5.75 Å². The monoisotopic (exact) mass is 470 g/mol. The maximum Gasteiger partial charge on any atom is 0.299 e. The lowest BCUT2D eigenvalue weighted by Gasteiger charge is -2.24. The van der Waals surface area contributed by atoms with Crippen LogP contribution >= 0.6 is 0 Å². The summed E-state index contributed by atoms with van der Waals surface area (Å²) in [4.78, 5) is 26.8. The van der Waals surface area contributed by atoms with Crippen molar-refractivity contribution in [3.63, 3.8) is 0 Å². The molecule has 174 valence electrons. The lowest BCUT2D eigenvalue weighted by Crippen LogP contribution is -2.38. The maximum atomic E-state index is 13.2. The second-order valence-electron chi connectivity index (χ2n) is 8.01. The number of Topliss-reactive ketones (excluding diaryl/α,β-unsaturated/α-hetero) is 1. The zero-order chi connectivity index (χ0) is 23.6. The molecule has 0 aliphatic carbocycles. The van der Waals surface area contributed by atoms with Crippen LogP contribution in [0.4, 0.5) is 5.69 Å². The Morgan fingerprint density at radius 3 is 2.61 bits per heavy atom. The van der Waals surface area contributed by atoms with E-state index in [0.29, 0.717) is 31.2 Å². The summed E-state index contributed by atoms with van der Waals surface area (Å²) in [5.74, 6) is -0.709. The summed E-state index contributed by atoms with van der Waals surface area (Å²) >= 11 is 0. The van der Waals surface area contributed by atoms with E-state index >= 15 is 0 Å². The number of ketones is 1. The van der Waals surface area contributed by atoms with E-state index in [0.717, 1.165) is 18.4 Å². The first-order valence-corrected chi connectivity index (χ1v) is 12.1. The number of benzene rings is 2. The quantitative estimate of drug-likeness (QED) is 0.413. The number of carbonyl (C=O) groups is 2. The number of hydrogen-bond acceptors (Lipinski definition) is 6. The summed E-state index contributed by atoms with van der Waals surface area (Å²) in [6.07, 6.45) is 3.12. The maximum absolute atomic E-state index is 13.2. The van der Waals surface area contributed by atoms with Gasteiger partial charge in [-0.3, -0.25) is 9.59 Å². The van der Waals surface area contributed by atoms with Crippen molar-refractivity contribution in [2.45, 2.75) is 30.3 Å². The Hall–Kier alpha value is -3.01. The molecule has 2 aromatic carbocycles. The average Bonchev–Trinajstić information content (AvgIpc) is 3.38. The van der Waals surface area contributed by atoms with Crippen LogP contribution in [-0.2, 0) is 26.1 Å². The number of sulfonamides is 1. The van der Waals surface area contributed by atoms with Gasteiger partial charge in [-0.1, -0.05) is 24.8 Å². The molecule has 2 heterocycles. The molecule has 2 aliphatic heterocycles. The molecule has 1 amide bonds. The molecule has 4 rings (SSSR count). The molecule has 0 radical (unpaired) electrons. The Labute approximate surface area is 193 Å². The van der Waals surface area contributed by atoms with Gasteiger partial charge in [-0.25, -0.2) is 8.42 Å². The van der Waals surface area contributed by atoms with Crippen molar-refractivity contribution in [2.75, 3.05) is 31.8 Å². The van der Waals surface area contributed by atoms with Crippen LogP contribution in [0.5, 0.6) is 5.75 Å². The molecule has 0 spiro atoms. The summed E-state index contributed by atoms with van der Waals surface area (Å²) in [6.45, 7) is 4.90. The fraction of sp³-hybridized carbons (Fsp3) is 0.333. The highest BCUT2D eigenvalue weighted by Gasteiger charge is 2.39. The van der Waals surface area contributed by atoms with Crippen LogP contribution in [0.15, 0.2) is 60.0 Å². The van der Waals surface area contributed by atoms with Gasteiger partial charge in [0.2, 0.25) is 10.0 Å². The number of rotatable bonds is 9. The van der Waals surface area contributed by atoms with Crippen LogP contribution in [0.1, 0.15) is 28.8 Å². The number of fused-ring (bicyclic) bond motifs is 1. The van der Waals surface area contributed by atoms with Gasteiger partial charge in [-0.15, -0.1) is 0 Å². The van der Waals surface area contributed by atoms with E-state index in [1.54, 1.807) is 25.3 Å².